The summed E-state index contributed by atoms with van der Waals surface area (Å²) in [5.74, 6) is 0.854. The molecule has 1 aliphatic rings. The molecule has 0 N–H and O–H groups in total. The van der Waals surface area contributed by atoms with E-state index in [1.807, 2.05) is 0 Å². The van der Waals surface area contributed by atoms with Gasteiger partial charge >= 0.3 is 0 Å². The van der Waals surface area contributed by atoms with Crippen LogP contribution >= 0.6 is 0 Å². The molecule has 0 fully saturated rings. The van der Waals surface area contributed by atoms with E-state index in [9.17, 15) is 13.2 Å². The first-order valence-electron chi connectivity index (χ1n) is 9.02. The van der Waals surface area contributed by atoms with E-state index in [4.69, 9.17) is 18.9 Å². The van der Waals surface area contributed by atoms with Crippen LogP contribution in [0.3, 0.4) is 0 Å². The Morgan fingerprint density at radius 1 is 0.967 bits per heavy atom. The lowest BCUT2D eigenvalue weighted by Crippen LogP contribution is -2.41. The Morgan fingerprint density at radius 3 is 2.27 bits per heavy atom. The Hall–Kier alpha value is -3.20. The second kappa shape index (κ2) is 8.66. The summed E-state index contributed by atoms with van der Waals surface area (Å²) in [4.78, 5) is 15.1. The van der Waals surface area contributed by atoms with Gasteiger partial charge in [0.1, 0.15) is 11.5 Å². The lowest BCUT2D eigenvalue weighted by atomic mass is 10.1. The third-order valence-corrected chi connectivity index (χ3v) is 6.12. The SMILES string of the molecule is COc1ccc(N(C(=O)c2cccc(OC)c2OC)[C@H]2C=CS(=O)(=O)C2)c(OC)c1. The van der Waals surface area contributed by atoms with Crippen molar-refractivity contribution in [1.29, 1.82) is 0 Å². The fraction of sp³-hybridized carbons (Fsp3) is 0.286. The number of anilines is 1. The van der Waals surface area contributed by atoms with E-state index in [-0.39, 0.29) is 17.1 Å². The molecular weight excluding hydrogens is 410 g/mol. The summed E-state index contributed by atoms with van der Waals surface area (Å²) in [5.41, 5.74) is 0.632. The number of ether oxygens (including phenoxy) is 4. The van der Waals surface area contributed by atoms with E-state index in [2.05, 4.69) is 0 Å². The number of hydrogen-bond donors (Lipinski definition) is 0. The molecule has 0 saturated heterocycles. The first kappa shape index (κ1) is 21.5. The van der Waals surface area contributed by atoms with Crippen LogP contribution in [0.15, 0.2) is 47.9 Å². The summed E-state index contributed by atoms with van der Waals surface area (Å²) in [6.45, 7) is 0. The second-order valence-electron chi connectivity index (χ2n) is 6.48. The summed E-state index contributed by atoms with van der Waals surface area (Å²) in [6.07, 6.45) is 1.49. The van der Waals surface area contributed by atoms with Gasteiger partial charge in [0.05, 0.1) is 51.5 Å². The number of carbonyl (C=O) groups is 1. The van der Waals surface area contributed by atoms with Crippen molar-refractivity contribution in [3.8, 4) is 23.0 Å². The van der Waals surface area contributed by atoms with Crippen LogP contribution < -0.4 is 23.8 Å². The number of benzene rings is 2. The van der Waals surface area contributed by atoms with Gasteiger partial charge in [-0.1, -0.05) is 6.07 Å². The van der Waals surface area contributed by atoms with E-state index in [0.717, 1.165) is 5.41 Å². The molecule has 0 aliphatic carbocycles. The molecule has 160 valence electrons. The summed E-state index contributed by atoms with van der Waals surface area (Å²) in [6, 6.07) is 9.17. The molecule has 1 aliphatic heterocycles. The normalized spacial score (nSPS) is 16.7. The largest absolute Gasteiger partial charge is 0.497 e. The molecule has 1 atom stereocenters. The molecule has 0 radical (unpaired) electrons. The molecule has 9 heteroatoms. The summed E-state index contributed by atoms with van der Waals surface area (Å²) in [7, 11) is 2.48. The lowest BCUT2D eigenvalue weighted by Gasteiger charge is -2.30. The van der Waals surface area contributed by atoms with Crippen LogP contribution in [0.25, 0.3) is 0 Å². The zero-order valence-corrected chi connectivity index (χ0v) is 17.9. The number of methoxy groups -OCH3 is 4. The van der Waals surface area contributed by atoms with E-state index >= 15 is 0 Å². The smallest absolute Gasteiger partial charge is 0.262 e. The van der Waals surface area contributed by atoms with E-state index < -0.39 is 21.8 Å². The van der Waals surface area contributed by atoms with Gasteiger partial charge in [-0.3, -0.25) is 9.69 Å². The van der Waals surface area contributed by atoms with E-state index in [1.165, 1.54) is 39.4 Å². The predicted molar refractivity (Wildman–Crippen MR) is 113 cm³/mol. The third-order valence-electron chi connectivity index (χ3n) is 4.74. The van der Waals surface area contributed by atoms with E-state index in [1.54, 1.807) is 36.4 Å². The highest BCUT2D eigenvalue weighted by molar-refractivity contribution is 7.94. The quantitative estimate of drug-likeness (QED) is 0.663. The van der Waals surface area contributed by atoms with Crippen LogP contribution in [-0.4, -0.2) is 54.6 Å². The average Bonchev–Trinajstić information content (AvgIpc) is 3.12. The zero-order chi connectivity index (χ0) is 21.9. The highest BCUT2D eigenvalue weighted by Crippen LogP contribution is 2.38. The van der Waals surface area contributed by atoms with Crippen molar-refractivity contribution in [3.63, 3.8) is 0 Å². The first-order chi connectivity index (χ1) is 14.3. The maximum Gasteiger partial charge on any atom is 0.262 e. The van der Waals surface area contributed by atoms with Crippen molar-refractivity contribution in [2.75, 3.05) is 39.1 Å². The topological polar surface area (TPSA) is 91.4 Å². The molecular formula is C21H23NO7S. The number of hydrogen-bond acceptors (Lipinski definition) is 7. The molecule has 3 rings (SSSR count). The zero-order valence-electron chi connectivity index (χ0n) is 17.1. The maximum atomic E-state index is 13.7. The Kier molecular flexibility index (Phi) is 6.21. The highest BCUT2D eigenvalue weighted by Gasteiger charge is 2.35. The fourth-order valence-electron chi connectivity index (χ4n) is 3.33. The van der Waals surface area contributed by atoms with Crippen molar-refractivity contribution >= 4 is 21.4 Å². The van der Waals surface area contributed by atoms with Crippen LogP contribution in [0.1, 0.15) is 10.4 Å². The van der Waals surface area contributed by atoms with Crippen LogP contribution in [0, 0.1) is 0 Å². The van der Waals surface area contributed by atoms with Gasteiger partial charge in [0.2, 0.25) is 0 Å². The molecule has 0 saturated carbocycles. The van der Waals surface area contributed by atoms with Gasteiger partial charge in [-0.2, -0.15) is 0 Å². The van der Waals surface area contributed by atoms with Gasteiger partial charge in [-0.05, 0) is 30.3 Å². The Labute approximate surface area is 175 Å². The summed E-state index contributed by atoms with van der Waals surface area (Å²) in [5, 5.41) is 1.12. The number of carbonyl (C=O) groups excluding carboxylic acids is 1. The molecule has 2 aromatic carbocycles. The minimum absolute atomic E-state index is 0.229. The predicted octanol–water partition coefficient (Wildman–Crippen LogP) is 2.68. The molecule has 0 bridgehead atoms. The standard InChI is InChI=1S/C21H23NO7S/c1-26-15-8-9-17(19(12-15)28-3)22(14-10-11-30(24,25)13-14)21(23)16-6-5-7-18(27-2)20(16)29-4/h5-12,14H,13H2,1-4H3/t14-/m0/s1. The third kappa shape index (κ3) is 4.06. The Balaban J connectivity index is 2.17. The van der Waals surface area contributed by atoms with Crippen LogP contribution in [0.5, 0.6) is 23.0 Å². The van der Waals surface area contributed by atoms with Crippen molar-refractivity contribution < 1.29 is 32.2 Å². The first-order valence-corrected chi connectivity index (χ1v) is 10.7. The van der Waals surface area contributed by atoms with Crippen molar-refractivity contribution in [2.24, 2.45) is 0 Å². The Morgan fingerprint density at radius 2 is 1.70 bits per heavy atom. The molecule has 0 unspecified atom stereocenters. The molecule has 1 heterocycles. The number of rotatable bonds is 7. The summed E-state index contributed by atoms with van der Waals surface area (Å²) < 4.78 is 45.6. The lowest BCUT2D eigenvalue weighted by molar-refractivity contribution is 0.0978. The Bertz CT molecular complexity index is 1080. The monoisotopic (exact) mass is 433 g/mol. The van der Waals surface area contributed by atoms with Crippen LogP contribution in [0.4, 0.5) is 5.69 Å². The molecule has 1 amide bonds. The van der Waals surface area contributed by atoms with Gasteiger partial charge in [-0.25, -0.2) is 8.42 Å². The minimum Gasteiger partial charge on any atom is -0.497 e. The van der Waals surface area contributed by atoms with Gasteiger partial charge in [0.25, 0.3) is 5.91 Å². The van der Waals surface area contributed by atoms with Crippen molar-refractivity contribution in [1.82, 2.24) is 0 Å². The second-order valence-corrected chi connectivity index (χ2v) is 8.41. The number of amides is 1. The molecule has 0 spiro atoms. The van der Waals surface area contributed by atoms with Crippen molar-refractivity contribution in [2.45, 2.75) is 6.04 Å². The fourth-order valence-corrected chi connectivity index (χ4v) is 4.60. The molecule has 30 heavy (non-hydrogen) atoms. The maximum absolute atomic E-state index is 13.7. The molecule has 2 aromatic rings. The average molecular weight is 433 g/mol. The van der Waals surface area contributed by atoms with E-state index in [0.29, 0.717) is 22.9 Å². The summed E-state index contributed by atoms with van der Waals surface area (Å²) >= 11 is 0. The minimum atomic E-state index is -3.42. The number of nitrogens with zero attached hydrogens (tertiary/aromatic N) is 1. The van der Waals surface area contributed by atoms with Gasteiger partial charge in [0.15, 0.2) is 21.3 Å². The highest BCUT2D eigenvalue weighted by atomic mass is 32.2. The molecule has 8 nitrogen and oxygen atoms in total. The molecule has 0 aromatic heterocycles. The van der Waals surface area contributed by atoms with Gasteiger partial charge in [0, 0.05) is 11.5 Å². The van der Waals surface area contributed by atoms with Crippen LogP contribution in [-0.2, 0) is 9.84 Å². The van der Waals surface area contributed by atoms with Gasteiger partial charge < -0.3 is 18.9 Å². The number of sulfone groups is 1. The van der Waals surface area contributed by atoms with Crippen molar-refractivity contribution in [3.05, 3.63) is 53.4 Å². The van der Waals surface area contributed by atoms with Crippen LogP contribution in [0.2, 0.25) is 0 Å². The number of para-hydroxylation sites is 1. The van der Waals surface area contributed by atoms with Gasteiger partial charge in [-0.15, -0.1) is 0 Å².